The van der Waals surface area contributed by atoms with Gasteiger partial charge in [0.25, 0.3) is 0 Å². The number of hydrogen-bond donors (Lipinski definition) is 0. The Morgan fingerprint density at radius 3 is 2.52 bits per heavy atom. The van der Waals surface area contributed by atoms with Gasteiger partial charge in [0.2, 0.25) is 0 Å². The summed E-state index contributed by atoms with van der Waals surface area (Å²) in [6.45, 7) is 3.67. The quantitative estimate of drug-likeness (QED) is 0.670. The van der Waals surface area contributed by atoms with Crippen molar-refractivity contribution in [1.29, 1.82) is 0 Å². The Kier molecular flexibility index (Phi) is 6.34. The lowest BCUT2D eigenvalue weighted by molar-refractivity contribution is -0.305. The Hall–Kier alpha value is -1.30. The second-order valence-electron chi connectivity index (χ2n) is 6.23. The highest BCUT2D eigenvalue weighted by atomic mass is 32.2. The lowest BCUT2D eigenvalue weighted by atomic mass is 10.3. The molecular weight excluding hydrogens is 401 g/mol. The van der Waals surface area contributed by atoms with Crippen LogP contribution in [0.3, 0.4) is 0 Å². The average molecular weight is 422 g/mol. The van der Waals surface area contributed by atoms with Gasteiger partial charge in [-0.15, -0.1) is 13.2 Å². The van der Waals surface area contributed by atoms with E-state index >= 15 is 0 Å². The molecule has 1 aromatic heterocycles. The van der Waals surface area contributed by atoms with Crippen molar-refractivity contribution in [3.05, 3.63) is 22.3 Å². The van der Waals surface area contributed by atoms with Crippen molar-refractivity contribution in [3.63, 3.8) is 0 Å². The van der Waals surface area contributed by atoms with Crippen LogP contribution in [0.1, 0.15) is 0 Å². The highest BCUT2D eigenvalue weighted by Gasteiger charge is 2.36. The Morgan fingerprint density at radius 2 is 1.89 bits per heavy atom. The van der Waals surface area contributed by atoms with Gasteiger partial charge in [-0.05, 0) is 32.1 Å². The van der Waals surface area contributed by atoms with Gasteiger partial charge in [0, 0.05) is 37.3 Å². The molecule has 3 rings (SSSR count). The molecule has 27 heavy (non-hydrogen) atoms. The van der Waals surface area contributed by atoms with Gasteiger partial charge < -0.3 is 19.3 Å². The Morgan fingerprint density at radius 1 is 1.19 bits per heavy atom. The van der Waals surface area contributed by atoms with Gasteiger partial charge in [0.15, 0.2) is 11.6 Å². The Labute approximate surface area is 164 Å². The third kappa shape index (κ3) is 5.37. The normalized spacial score (nSPS) is 19.7. The van der Waals surface area contributed by atoms with E-state index in [1.54, 1.807) is 24.7 Å². The van der Waals surface area contributed by atoms with Crippen LogP contribution in [0.25, 0.3) is 0 Å². The van der Waals surface area contributed by atoms with Crippen LogP contribution >= 0.6 is 23.7 Å². The molecule has 0 aliphatic carbocycles. The molecule has 1 saturated heterocycles. The summed E-state index contributed by atoms with van der Waals surface area (Å²) in [5.74, 6) is 1.27. The van der Waals surface area contributed by atoms with Gasteiger partial charge in [0.1, 0.15) is 10.00 Å². The summed E-state index contributed by atoms with van der Waals surface area (Å²) in [5.41, 5.74) is 0. The highest BCUT2D eigenvalue weighted by molar-refractivity contribution is 8.21. The number of methoxy groups -OCH3 is 1. The van der Waals surface area contributed by atoms with Crippen molar-refractivity contribution in [2.45, 2.75) is 11.3 Å². The van der Waals surface area contributed by atoms with Gasteiger partial charge in [-0.1, -0.05) is 11.8 Å². The maximum Gasteiger partial charge on any atom is 0.572 e. The molecule has 0 amide bonds. The van der Waals surface area contributed by atoms with Crippen LogP contribution in [0.2, 0.25) is 0 Å². The molecule has 0 bridgehead atoms. The van der Waals surface area contributed by atoms with Crippen LogP contribution in [0.15, 0.2) is 27.2 Å². The highest BCUT2D eigenvalue weighted by Crippen LogP contribution is 2.46. The fraction of sp³-hybridized carbons (Fsp3) is 0.562. The lowest BCUT2D eigenvalue weighted by Crippen LogP contribution is -2.44. The first-order chi connectivity index (χ1) is 12.7. The molecule has 1 aromatic rings. The number of alkyl halides is 3. The number of halogens is 3. The van der Waals surface area contributed by atoms with E-state index in [1.807, 2.05) is 6.07 Å². The molecule has 0 radical (unpaired) electrons. The molecule has 0 spiro atoms. The van der Waals surface area contributed by atoms with E-state index in [-0.39, 0.29) is 12.3 Å². The van der Waals surface area contributed by atoms with Crippen molar-refractivity contribution in [2.24, 2.45) is 0 Å². The minimum atomic E-state index is -4.70. The van der Waals surface area contributed by atoms with Crippen molar-refractivity contribution < 1.29 is 22.6 Å². The Balaban J connectivity index is 1.78. The topological polar surface area (TPSA) is 41.1 Å². The molecule has 0 unspecified atom stereocenters. The predicted molar refractivity (Wildman–Crippen MR) is 101 cm³/mol. The van der Waals surface area contributed by atoms with Crippen molar-refractivity contribution in [1.82, 2.24) is 14.2 Å². The van der Waals surface area contributed by atoms with Crippen LogP contribution in [0, 0.1) is 0 Å². The number of hydrogen-bond acceptors (Lipinski definition) is 8. The maximum atomic E-state index is 12.6. The summed E-state index contributed by atoms with van der Waals surface area (Å²) in [6.07, 6.45) is -3.04. The molecule has 0 saturated carbocycles. The zero-order chi connectivity index (χ0) is 19.6. The lowest BCUT2D eigenvalue weighted by Gasteiger charge is -2.33. The van der Waals surface area contributed by atoms with E-state index in [2.05, 4.69) is 26.6 Å². The van der Waals surface area contributed by atoms with E-state index in [4.69, 9.17) is 4.74 Å². The first-order valence-corrected chi connectivity index (χ1v) is 9.87. The van der Waals surface area contributed by atoms with Gasteiger partial charge >= 0.3 is 6.36 Å². The summed E-state index contributed by atoms with van der Waals surface area (Å²) < 4.78 is 49.6. The monoisotopic (exact) mass is 422 g/mol. The molecule has 0 aromatic carbocycles. The summed E-state index contributed by atoms with van der Waals surface area (Å²) in [6, 6.07) is 1.81. The average Bonchev–Trinajstić information content (AvgIpc) is 2.92. The summed E-state index contributed by atoms with van der Waals surface area (Å²) in [4.78, 5) is 9.61. The SMILES string of the molecule is COc1cc(SC2=C(OC(F)(F)F)CN(C)S2)cnc1N1CCN(C)CC1. The smallest absolute Gasteiger partial charge is 0.493 e. The van der Waals surface area contributed by atoms with Gasteiger partial charge in [0.05, 0.1) is 13.7 Å². The van der Waals surface area contributed by atoms with E-state index in [9.17, 15) is 13.2 Å². The number of pyridine rings is 1. The van der Waals surface area contributed by atoms with Crippen LogP contribution in [-0.2, 0) is 4.74 Å². The second kappa shape index (κ2) is 8.38. The predicted octanol–water partition coefficient (Wildman–Crippen LogP) is 3.23. The van der Waals surface area contributed by atoms with Crippen LogP contribution in [0.4, 0.5) is 19.0 Å². The molecule has 0 N–H and O–H groups in total. The molecule has 0 atom stereocenters. The first kappa shape index (κ1) is 20.4. The summed E-state index contributed by atoms with van der Waals surface area (Å²) in [5, 5.41) is 0. The number of aromatic nitrogens is 1. The first-order valence-electron chi connectivity index (χ1n) is 8.28. The van der Waals surface area contributed by atoms with E-state index in [0.29, 0.717) is 14.9 Å². The number of anilines is 1. The van der Waals surface area contributed by atoms with Gasteiger partial charge in [-0.25, -0.2) is 9.29 Å². The van der Waals surface area contributed by atoms with E-state index in [0.717, 1.165) is 32.0 Å². The fourth-order valence-electron chi connectivity index (χ4n) is 2.77. The number of thioether (sulfide) groups is 1. The number of piperazine rings is 1. The van der Waals surface area contributed by atoms with Crippen molar-refractivity contribution in [2.75, 3.05) is 58.8 Å². The second-order valence-corrected chi connectivity index (χ2v) is 8.78. The third-order valence-corrected chi connectivity index (χ3v) is 6.29. The molecular formula is C16H21F3N4O2S2. The molecule has 150 valence electrons. The van der Waals surface area contributed by atoms with Crippen molar-refractivity contribution >= 4 is 29.5 Å². The maximum absolute atomic E-state index is 12.6. The third-order valence-electron chi connectivity index (χ3n) is 4.11. The zero-order valence-electron chi connectivity index (χ0n) is 15.2. The number of ether oxygens (including phenoxy) is 2. The standard InChI is InChI=1S/C16H21F3N4O2S2/c1-21-4-6-23(7-5-21)14-12(24-3)8-11(9-20-14)26-15-13(10-22(2)27-15)25-16(17,18)19/h8-9H,4-7,10H2,1-3H3. The molecule has 1 fully saturated rings. The van der Waals surface area contributed by atoms with Crippen LogP contribution in [-0.4, -0.2) is 74.5 Å². The molecule has 11 heteroatoms. The number of likely N-dealkylation sites (N-methyl/N-ethyl adjacent to an activating group) is 2. The number of nitrogens with zero attached hydrogens (tertiary/aromatic N) is 4. The van der Waals surface area contributed by atoms with E-state index < -0.39 is 6.36 Å². The molecule has 6 nitrogen and oxygen atoms in total. The number of rotatable bonds is 5. The molecule has 2 aliphatic heterocycles. The Bertz CT molecular complexity index is 709. The van der Waals surface area contributed by atoms with Crippen molar-refractivity contribution in [3.8, 4) is 5.75 Å². The largest absolute Gasteiger partial charge is 0.572 e. The molecule has 3 heterocycles. The minimum absolute atomic E-state index is 0.0937. The molecule has 2 aliphatic rings. The summed E-state index contributed by atoms with van der Waals surface area (Å²) in [7, 11) is 5.36. The fourth-order valence-corrected chi connectivity index (χ4v) is 4.97. The summed E-state index contributed by atoms with van der Waals surface area (Å²) >= 11 is 2.42. The van der Waals surface area contributed by atoms with Gasteiger partial charge in [-0.2, -0.15) is 0 Å². The van der Waals surface area contributed by atoms with Crippen LogP contribution < -0.4 is 9.64 Å². The zero-order valence-corrected chi connectivity index (χ0v) is 16.9. The minimum Gasteiger partial charge on any atom is -0.493 e. The van der Waals surface area contributed by atoms with Gasteiger partial charge in [-0.3, -0.25) is 0 Å². The van der Waals surface area contributed by atoms with Crippen LogP contribution in [0.5, 0.6) is 5.75 Å². The van der Waals surface area contributed by atoms with E-state index in [1.165, 1.54) is 23.7 Å².